The number of fused-ring (bicyclic) bond motifs is 1. The zero-order valence-electron chi connectivity index (χ0n) is 16.5. The van der Waals surface area contributed by atoms with E-state index in [4.69, 9.17) is 0 Å². The van der Waals surface area contributed by atoms with Crippen LogP contribution in [0, 0.1) is 0 Å². The van der Waals surface area contributed by atoms with Gasteiger partial charge in [0.25, 0.3) is 0 Å². The third kappa shape index (κ3) is 3.65. The predicted octanol–water partition coefficient (Wildman–Crippen LogP) is 5.02. The van der Waals surface area contributed by atoms with Gasteiger partial charge in [-0.05, 0) is 23.3 Å². The van der Waals surface area contributed by atoms with E-state index >= 15 is 0 Å². The summed E-state index contributed by atoms with van der Waals surface area (Å²) >= 11 is 0. The average Bonchev–Trinajstić information content (AvgIpc) is 3.25. The normalized spacial score (nSPS) is 10.9. The number of nitrogens with zero attached hydrogens (tertiary/aromatic N) is 5. The van der Waals surface area contributed by atoms with Crippen LogP contribution in [0.25, 0.3) is 16.7 Å². The minimum Gasteiger partial charge on any atom is -0.347 e. The third-order valence-corrected chi connectivity index (χ3v) is 5.08. The van der Waals surface area contributed by atoms with Crippen molar-refractivity contribution in [2.75, 3.05) is 4.90 Å². The van der Waals surface area contributed by atoms with E-state index in [0.29, 0.717) is 0 Å². The molecule has 0 saturated carbocycles. The highest BCUT2D eigenvalue weighted by Gasteiger charge is 2.17. The Labute approximate surface area is 175 Å². The molecule has 0 atom stereocenters. The molecule has 0 saturated heterocycles. The Morgan fingerprint density at radius 2 is 1.23 bits per heavy atom. The lowest BCUT2D eigenvalue weighted by Crippen LogP contribution is -2.23. The van der Waals surface area contributed by atoms with Gasteiger partial charge in [-0.3, -0.25) is 0 Å². The molecule has 5 rings (SSSR count). The van der Waals surface area contributed by atoms with Crippen LogP contribution < -0.4 is 4.90 Å². The van der Waals surface area contributed by atoms with Gasteiger partial charge in [-0.2, -0.15) is 5.10 Å². The summed E-state index contributed by atoms with van der Waals surface area (Å²) in [5.41, 5.74) is 4.25. The van der Waals surface area contributed by atoms with Gasteiger partial charge in [0.2, 0.25) is 0 Å². The van der Waals surface area contributed by atoms with Crippen molar-refractivity contribution in [2.24, 2.45) is 0 Å². The fraction of sp³-hybridized carbons (Fsp3) is 0.0800. The molecule has 5 aromatic rings. The predicted molar refractivity (Wildman–Crippen MR) is 119 cm³/mol. The van der Waals surface area contributed by atoms with E-state index in [-0.39, 0.29) is 0 Å². The second-order valence-electron chi connectivity index (χ2n) is 7.15. The molecule has 0 aliphatic rings. The highest BCUT2D eigenvalue weighted by molar-refractivity contribution is 5.87. The number of rotatable bonds is 6. The average molecular weight is 391 g/mol. The molecule has 2 aromatic heterocycles. The molecule has 3 aromatic carbocycles. The SMILES string of the molecule is c1ccc(CN(Cc2ccccc2)c2ncnc3c2cnn3-c2ccccc2)cc1. The molecule has 0 aliphatic heterocycles. The molecular weight excluding hydrogens is 370 g/mol. The summed E-state index contributed by atoms with van der Waals surface area (Å²) in [6.45, 7) is 1.50. The van der Waals surface area contributed by atoms with Gasteiger partial charge in [0.1, 0.15) is 12.1 Å². The first-order valence-electron chi connectivity index (χ1n) is 9.95. The van der Waals surface area contributed by atoms with Crippen LogP contribution in [-0.4, -0.2) is 19.7 Å². The molecule has 146 valence electrons. The molecule has 2 heterocycles. The minimum atomic E-state index is 0.748. The summed E-state index contributed by atoms with van der Waals surface area (Å²) in [4.78, 5) is 11.5. The number of benzene rings is 3. The summed E-state index contributed by atoms with van der Waals surface area (Å²) in [5, 5.41) is 5.55. The van der Waals surface area contributed by atoms with Crippen LogP contribution >= 0.6 is 0 Å². The van der Waals surface area contributed by atoms with E-state index in [0.717, 1.165) is 35.6 Å². The topological polar surface area (TPSA) is 46.8 Å². The number of para-hydroxylation sites is 1. The van der Waals surface area contributed by atoms with Gasteiger partial charge in [-0.25, -0.2) is 14.6 Å². The van der Waals surface area contributed by atoms with Crippen LogP contribution in [0.3, 0.4) is 0 Å². The fourth-order valence-corrected chi connectivity index (χ4v) is 3.66. The van der Waals surface area contributed by atoms with Crippen molar-refractivity contribution in [3.63, 3.8) is 0 Å². The second-order valence-corrected chi connectivity index (χ2v) is 7.15. The maximum Gasteiger partial charge on any atom is 0.168 e. The monoisotopic (exact) mass is 391 g/mol. The Hall–Kier alpha value is -3.99. The summed E-state index contributed by atoms with van der Waals surface area (Å²) in [7, 11) is 0. The molecule has 0 aliphatic carbocycles. The maximum absolute atomic E-state index is 4.67. The van der Waals surface area contributed by atoms with Gasteiger partial charge in [0.15, 0.2) is 5.65 Å². The summed E-state index contributed by atoms with van der Waals surface area (Å²) in [6, 6.07) is 31.0. The van der Waals surface area contributed by atoms with E-state index in [1.807, 2.05) is 53.3 Å². The van der Waals surface area contributed by atoms with Crippen molar-refractivity contribution in [1.29, 1.82) is 0 Å². The molecule has 0 unspecified atom stereocenters. The van der Waals surface area contributed by atoms with Gasteiger partial charge >= 0.3 is 0 Å². The lowest BCUT2D eigenvalue weighted by Gasteiger charge is -2.24. The maximum atomic E-state index is 4.67. The molecule has 0 fully saturated rings. The second kappa shape index (κ2) is 8.17. The first-order valence-corrected chi connectivity index (χ1v) is 9.95. The van der Waals surface area contributed by atoms with Crippen molar-refractivity contribution >= 4 is 16.9 Å². The Kier molecular flexibility index (Phi) is 4.92. The highest BCUT2D eigenvalue weighted by Crippen LogP contribution is 2.27. The molecule has 0 bridgehead atoms. The Bertz CT molecular complexity index is 1190. The Morgan fingerprint density at radius 3 is 1.83 bits per heavy atom. The first kappa shape index (κ1) is 18.1. The van der Waals surface area contributed by atoms with Crippen LogP contribution in [0.15, 0.2) is 104 Å². The number of aromatic nitrogens is 4. The number of anilines is 1. The Balaban J connectivity index is 1.59. The van der Waals surface area contributed by atoms with E-state index in [2.05, 4.69) is 68.5 Å². The first-order chi connectivity index (χ1) is 14.9. The quantitative estimate of drug-likeness (QED) is 0.408. The highest BCUT2D eigenvalue weighted by atomic mass is 15.3. The fourth-order valence-electron chi connectivity index (χ4n) is 3.66. The molecule has 0 N–H and O–H groups in total. The van der Waals surface area contributed by atoms with Crippen LogP contribution in [0.4, 0.5) is 5.82 Å². The van der Waals surface area contributed by atoms with Crippen LogP contribution in [0.1, 0.15) is 11.1 Å². The van der Waals surface area contributed by atoms with Crippen LogP contribution in [0.5, 0.6) is 0 Å². The van der Waals surface area contributed by atoms with Crippen molar-refractivity contribution in [2.45, 2.75) is 13.1 Å². The van der Waals surface area contributed by atoms with Gasteiger partial charge < -0.3 is 4.90 Å². The molecular formula is C25H21N5. The molecule has 0 spiro atoms. The standard InChI is InChI=1S/C25H21N5/c1-4-10-20(11-5-1)17-29(18-21-12-6-2-7-13-21)24-23-16-28-30(25(23)27-19-26-24)22-14-8-3-9-15-22/h1-16,19H,17-18H2. The van der Waals surface area contributed by atoms with Crippen molar-refractivity contribution in [3.8, 4) is 5.69 Å². The zero-order chi connectivity index (χ0) is 20.2. The van der Waals surface area contributed by atoms with Crippen molar-refractivity contribution < 1.29 is 0 Å². The van der Waals surface area contributed by atoms with Crippen molar-refractivity contribution in [1.82, 2.24) is 19.7 Å². The van der Waals surface area contributed by atoms with Gasteiger partial charge in [0, 0.05) is 13.1 Å². The van der Waals surface area contributed by atoms with Crippen LogP contribution in [0.2, 0.25) is 0 Å². The smallest absolute Gasteiger partial charge is 0.168 e. The summed E-state index contributed by atoms with van der Waals surface area (Å²) in [5.74, 6) is 0.884. The zero-order valence-corrected chi connectivity index (χ0v) is 16.5. The van der Waals surface area contributed by atoms with Crippen LogP contribution in [-0.2, 0) is 13.1 Å². The summed E-state index contributed by atoms with van der Waals surface area (Å²) < 4.78 is 1.86. The molecule has 30 heavy (non-hydrogen) atoms. The van der Waals surface area contributed by atoms with Gasteiger partial charge in [-0.15, -0.1) is 0 Å². The third-order valence-electron chi connectivity index (χ3n) is 5.08. The van der Waals surface area contributed by atoms with E-state index in [9.17, 15) is 0 Å². The molecule has 5 nitrogen and oxygen atoms in total. The van der Waals surface area contributed by atoms with Gasteiger partial charge in [0.05, 0.1) is 17.3 Å². The Morgan fingerprint density at radius 1 is 0.667 bits per heavy atom. The number of hydrogen-bond acceptors (Lipinski definition) is 4. The minimum absolute atomic E-state index is 0.748. The lowest BCUT2D eigenvalue weighted by molar-refractivity contribution is 0.786. The summed E-state index contributed by atoms with van der Waals surface area (Å²) in [6.07, 6.45) is 3.49. The van der Waals surface area contributed by atoms with E-state index < -0.39 is 0 Å². The van der Waals surface area contributed by atoms with Gasteiger partial charge in [-0.1, -0.05) is 78.9 Å². The lowest BCUT2D eigenvalue weighted by atomic mass is 10.1. The van der Waals surface area contributed by atoms with E-state index in [1.165, 1.54) is 11.1 Å². The number of hydrogen-bond donors (Lipinski definition) is 0. The largest absolute Gasteiger partial charge is 0.347 e. The van der Waals surface area contributed by atoms with E-state index in [1.54, 1.807) is 6.33 Å². The molecule has 0 radical (unpaired) electrons. The van der Waals surface area contributed by atoms with Crippen molar-refractivity contribution in [3.05, 3.63) is 115 Å². The molecule has 5 heteroatoms. The molecule has 0 amide bonds.